The predicted molar refractivity (Wildman–Crippen MR) is 114 cm³/mol. The summed E-state index contributed by atoms with van der Waals surface area (Å²) in [4.78, 5) is 26.6. The fourth-order valence-corrected chi connectivity index (χ4v) is 2.97. The zero-order chi connectivity index (χ0) is 20.6. The van der Waals surface area contributed by atoms with E-state index < -0.39 is 0 Å². The Labute approximate surface area is 170 Å². The van der Waals surface area contributed by atoms with Gasteiger partial charge in [-0.25, -0.2) is 0 Å². The van der Waals surface area contributed by atoms with Crippen LogP contribution in [0, 0.1) is 0 Å². The molecule has 3 aromatic rings. The zero-order valence-corrected chi connectivity index (χ0v) is 16.6. The maximum Gasteiger partial charge on any atom is 0.254 e. The molecule has 0 saturated heterocycles. The molecule has 0 radical (unpaired) electrons. The van der Waals surface area contributed by atoms with E-state index in [-0.39, 0.29) is 18.4 Å². The molecule has 5 heteroatoms. The van der Waals surface area contributed by atoms with E-state index in [1.54, 1.807) is 31.3 Å². The lowest BCUT2D eigenvalue weighted by Gasteiger charge is -2.18. The van der Waals surface area contributed by atoms with Gasteiger partial charge < -0.3 is 15.0 Å². The maximum absolute atomic E-state index is 12.8. The van der Waals surface area contributed by atoms with E-state index in [4.69, 9.17) is 4.74 Å². The Kier molecular flexibility index (Phi) is 6.63. The van der Waals surface area contributed by atoms with Gasteiger partial charge in [0.05, 0.1) is 6.54 Å². The average Bonchev–Trinajstić information content (AvgIpc) is 2.74. The largest absolute Gasteiger partial charge is 0.457 e. The summed E-state index contributed by atoms with van der Waals surface area (Å²) < 4.78 is 5.78. The molecule has 29 heavy (non-hydrogen) atoms. The summed E-state index contributed by atoms with van der Waals surface area (Å²) in [5.74, 6) is 0.775. The van der Waals surface area contributed by atoms with Crippen LogP contribution in [0.25, 0.3) is 0 Å². The summed E-state index contributed by atoms with van der Waals surface area (Å²) in [5, 5.41) is 2.89. The highest BCUT2D eigenvalue weighted by molar-refractivity contribution is 5.99. The van der Waals surface area contributed by atoms with E-state index in [1.165, 1.54) is 4.90 Å². The lowest BCUT2D eigenvalue weighted by atomic mass is 10.1. The Morgan fingerprint density at radius 2 is 1.59 bits per heavy atom. The summed E-state index contributed by atoms with van der Waals surface area (Å²) >= 11 is 0. The maximum atomic E-state index is 12.8. The summed E-state index contributed by atoms with van der Waals surface area (Å²) in [5.41, 5.74) is 2.29. The molecule has 0 aromatic heterocycles. The van der Waals surface area contributed by atoms with Crippen molar-refractivity contribution < 1.29 is 14.3 Å². The van der Waals surface area contributed by atoms with Gasteiger partial charge in [0.25, 0.3) is 5.91 Å². The van der Waals surface area contributed by atoms with E-state index in [2.05, 4.69) is 5.32 Å². The first-order valence-electron chi connectivity index (χ1n) is 9.53. The van der Waals surface area contributed by atoms with E-state index in [9.17, 15) is 9.59 Å². The number of hydrogen-bond donors (Lipinski definition) is 1. The number of anilines is 1. The summed E-state index contributed by atoms with van der Waals surface area (Å²) in [6, 6.07) is 24.0. The zero-order valence-electron chi connectivity index (χ0n) is 16.6. The number of nitrogens with one attached hydrogen (secondary N) is 1. The van der Waals surface area contributed by atoms with Crippen molar-refractivity contribution in [2.24, 2.45) is 0 Å². The predicted octanol–water partition coefficient (Wildman–Crippen LogP) is 4.75. The second kappa shape index (κ2) is 9.55. The van der Waals surface area contributed by atoms with Crippen LogP contribution in [0.2, 0.25) is 0 Å². The van der Waals surface area contributed by atoms with Gasteiger partial charge >= 0.3 is 0 Å². The minimum absolute atomic E-state index is 0.0410. The fraction of sp³-hybridized carbons (Fsp3) is 0.167. The van der Waals surface area contributed by atoms with Crippen LogP contribution in [0.5, 0.6) is 11.5 Å². The standard InChI is InChI=1S/C24H24N2O3/c1-3-18-10-7-8-15-22(18)25-23(27)17-26(2)24(28)19-11-9-14-21(16-19)29-20-12-5-4-6-13-20/h4-16H,3,17H2,1-2H3,(H,25,27). The number of para-hydroxylation sites is 2. The highest BCUT2D eigenvalue weighted by Crippen LogP contribution is 2.22. The van der Waals surface area contributed by atoms with Gasteiger partial charge in [0.15, 0.2) is 0 Å². The lowest BCUT2D eigenvalue weighted by molar-refractivity contribution is -0.116. The number of likely N-dealkylation sites (N-methyl/N-ethyl adjacent to an activating group) is 1. The summed E-state index contributed by atoms with van der Waals surface area (Å²) in [6.07, 6.45) is 0.819. The third-order valence-corrected chi connectivity index (χ3v) is 4.46. The summed E-state index contributed by atoms with van der Waals surface area (Å²) in [7, 11) is 1.61. The average molecular weight is 388 g/mol. The number of carbonyl (C=O) groups is 2. The molecule has 0 saturated carbocycles. The minimum Gasteiger partial charge on any atom is -0.457 e. The summed E-state index contributed by atoms with van der Waals surface area (Å²) in [6.45, 7) is 1.99. The van der Waals surface area contributed by atoms with Crippen LogP contribution in [0.4, 0.5) is 5.69 Å². The Balaban J connectivity index is 1.64. The van der Waals surface area contributed by atoms with Gasteiger partial charge in [-0.2, -0.15) is 0 Å². The number of ether oxygens (including phenoxy) is 1. The Bertz CT molecular complexity index is 986. The second-order valence-electron chi connectivity index (χ2n) is 6.66. The van der Waals surface area contributed by atoms with Crippen LogP contribution in [0.15, 0.2) is 78.9 Å². The fourth-order valence-electron chi connectivity index (χ4n) is 2.97. The number of benzene rings is 3. The second-order valence-corrected chi connectivity index (χ2v) is 6.66. The molecule has 3 rings (SSSR count). The number of rotatable bonds is 7. The van der Waals surface area contributed by atoms with Gasteiger partial charge in [0.1, 0.15) is 11.5 Å². The first-order valence-corrected chi connectivity index (χ1v) is 9.53. The van der Waals surface area contributed by atoms with Crippen LogP contribution in [-0.4, -0.2) is 30.3 Å². The van der Waals surface area contributed by atoms with E-state index in [0.717, 1.165) is 17.7 Å². The van der Waals surface area contributed by atoms with Crippen molar-refractivity contribution in [3.05, 3.63) is 90.0 Å². The SMILES string of the molecule is CCc1ccccc1NC(=O)CN(C)C(=O)c1cccc(Oc2ccccc2)c1. The Morgan fingerprint density at radius 3 is 2.34 bits per heavy atom. The molecular formula is C24H24N2O3. The smallest absolute Gasteiger partial charge is 0.254 e. The molecular weight excluding hydrogens is 364 g/mol. The number of carbonyl (C=O) groups excluding carboxylic acids is 2. The molecule has 0 unspecified atom stereocenters. The topological polar surface area (TPSA) is 58.6 Å². The lowest BCUT2D eigenvalue weighted by Crippen LogP contribution is -2.35. The quantitative estimate of drug-likeness (QED) is 0.635. The van der Waals surface area contributed by atoms with Gasteiger partial charge in [-0.05, 0) is 48.4 Å². The minimum atomic E-state index is -0.248. The van der Waals surface area contributed by atoms with Crippen LogP contribution in [0.1, 0.15) is 22.8 Å². The monoisotopic (exact) mass is 388 g/mol. The molecule has 0 spiro atoms. The van der Waals surface area contributed by atoms with Crippen molar-refractivity contribution in [2.45, 2.75) is 13.3 Å². The molecule has 2 amide bonds. The van der Waals surface area contributed by atoms with Crippen molar-refractivity contribution in [1.82, 2.24) is 4.90 Å². The molecule has 0 aliphatic carbocycles. The molecule has 148 valence electrons. The highest BCUT2D eigenvalue weighted by Gasteiger charge is 2.16. The molecule has 5 nitrogen and oxygen atoms in total. The van der Waals surface area contributed by atoms with Gasteiger partial charge in [-0.15, -0.1) is 0 Å². The molecule has 0 aliphatic rings. The van der Waals surface area contributed by atoms with Crippen LogP contribution in [0.3, 0.4) is 0 Å². The number of hydrogen-bond acceptors (Lipinski definition) is 3. The third-order valence-electron chi connectivity index (χ3n) is 4.46. The molecule has 0 fully saturated rings. The van der Waals surface area contributed by atoms with E-state index in [0.29, 0.717) is 17.1 Å². The van der Waals surface area contributed by atoms with Gasteiger partial charge in [-0.1, -0.05) is 49.4 Å². The molecule has 0 heterocycles. The van der Waals surface area contributed by atoms with Crippen molar-refractivity contribution in [2.75, 3.05) is 18.9 Å². The van der Waals surface area contributed by atoms with Crippen LogP contribution < -0.4 is 10.1 Å². The van der Waals surface area contributed by atoms with Gasteiger partial charge in [0.2, 0.25) is 5.91 Å². The van der Waals surface area contributed by atoms with Gasteiger partial charge in [0, 0.05) is 18.3 Å². The molecule has 0 aliphatic heterocycles. The molecule has 0 bridgehead atoms. The molecule has 3 aromatic carbocycles. The number of nitrogens with zero attached hydrogens (tertiary/aromatic N) is 1. The highest BCUT2D eigenvalue weighted by atomic mass is 16.5. The first kappa shape index (κ1) is 20.1. The Morgan fingerprint density at radius 1 is 0.897 bits per heavy atom. The number of aryl methyl sites for hydroxylation is 1. The first-order chi connectivity index (χ1) is 14.1. The normalized spacial score (nSPS) is 10.3. The van der Waals surface area contributed by atoms with Crippen LogP contribution in [-0.2, 0) is 11.2 Å². The van der Waals surface area contributed by atoms with Crippen molar-refractivity contribution >= 4 is 17.5 Å². The van der Waals surface area contributed by atoms with Crippen molar-refractivity contribution in [3.8, 4) is 11.5 Å². The van der Waals surface area contributed by atoms with Crippen LogP contribution >= 0.6 is 0 Å². The van der Waals surface area contributed by atoms with Crippen molar-refractivity contribution in [1.29, 1.82) is 0 Å². The van der Waals surface area contributed by atoms with E-state index >= 15 is 0 Å². The Hall–Kier alpha value is -3.60. The number of amides is 2. The van der Waals surface area contributed by atoms with E-state index in [1.807, 2.05) is 61.5 Å². The molecule has 0 atom stereocenters. The molecule has 1 N–H and O–H groups in total. The third kappa shape index (κ3) is 5.45. The van der Waals surface area contributed by atoms with Crippen molar-refractivity contribution in [3.63, 3.8) is 0 Å². The van der Waals surface area contributed by atoms with Gasteiger partial charge in [-0.3, -0.25) is 9.59 Å².